The van der Waals surface area contributed by atoms with Crippen molar-refractivity contribution in [1.29, 1.82) is 0 Å². The van der Waals surface area contributed by atoms with Gasteiger partial charge in [-0.05, 0) is 26.3 Å². The SMILES string of the molecule is Cc1[nH]ncc1S(=O)(=O)NCCCCCCN. The number of sulfonamides is 1. The van der Waals surface area contributed by atoms with Crippen LogP contribution in [0.5, 0.6) is 0 Å². The van der Waals surface area contributed by atoms with E-state index in [2.05, 4.69) is 14.9 Å². The lowest BCUT2D eigenvalue weighted by atomic mass is 10.2. The number of hydrogen-bond acceptors (Lipinski definition) is 4. The largest absolute Gasteiger partial charge is 0.330 e. The summed E-state index contributed by atoms with van der Waals surface area (Å²) < 4.78 is 26.2. The minimum absolute atomic E-state index is 0.222. The smallest absolute Gasteiger partial charge is 0.243 e. The van der Waals surface area contributed by atoms with Crippen LogP contribution in [0.1, 0.15) is 31.4 Å². The first-order chi connectivity index (χ1) is 8.08. The summed E-state index contributed by atoms with van der Waals surface area (Å²) in [4.78, 5) is 0.222. The van der Waals surface area contributed by atoms with E-state index in [1.165, 1.54) is 6.20 Å². The van der Waals surface area contributed by atoms with Gasteiger partial charge in [0.2, 0.25) is 10.0 Å². The first-order valence-corrected chi connectivity index (χ1v) is 7.26. The van der Waals surface area contributed by atoms with Crippen molar-refractivity contribution in [2.45, 2.75) is 37.5 Å². The van der Waals surface area contributed by atoms with Crippen molar-refractivity contribution in [3.05, 3.63) is 11.9 Å². The highest BCUT2D eigenvalue weighted by molar-refractivity contribution is 7.89. The molecule has 0 aliphatic carbocycles. The number of aromatic nitrogens is 2. The summed E-state index contributed by atoms with van der Waals surface area (Å²) in [6.07, 6.45) is 5.18. The molecule has 0 unspecified atom stereocenters. The fourth-order valence-electron chi connectivity index (χ4n) is 1.52. The Bertz CT molecular complexity index is 427. The molecular formula is C10H20N4O2S. The van der Waals surface area contributed by atoms with Gasteiger partial charge in [-0.2, -0.15) is 5.10 Å². The van der Waals surface area contributed by atoms with E-state index in [4.69, 9.17) is 5.73 Å². The zero-order valence-corrected chi connectivity index (χ0v) is 10.9. The number of nitrogens with zero attached hydrogens (tertiary/aromatic N) is 1. The average Bonchev–Trinajstić information content (AvgIpc) is 2.70. The molecule has 1 heterocycles. The van der Waals surface area contributed by atoms with E-state index in [1.54, 1.807) is 6.92 Å². The Kier molecular flexibility index (Phi) is 5.60. The first-order valence-electron chi connectivity index (χ1n) is 5.77. The van der Waals surface area contributed by atoms with Crippen molar-refractivity contribution < 1.29 is 8.42 Å². The van der Waals surface area contributed by atoms with Gasteiger partial charge in [-0.3, -0.25) is 5.10 Å². The Morgan fingerprint density at radius 1 is 1.35 bits per heavy atom. The molecule has 0 aliphatic heterocycles. The minimum Gasteiger partial charge on any atom is -0.330 e. The van der Waals surface area contributed by atoms with Crippen molar-refractivity contribution in [3.8, 4) is 0 Å². The highest BCUT2D eigenvalue weighted by atomic mass is 32.2. The number of H-pyrrole nitrogens is 1. The van der Waals surface area contributed by atoms with Gasteiger partial charge in [0.05, 0.1) is 11.9 Å². The second-order valence-corrected chi connectivity index (χ2v) is 5.70. The second kappa shape index (κ2) is 6.73. The maximum atomic E-state index is 11.8. The normalized spacial score (nSPS) is 11.9. The van der Waals surface area contributed by atoms with Crippen molar-refractivity contribution in [3.63, 3.8) is 0 Å². The molecule has 1 aromatic rings. The summed E-state index contributed by atoms with van der Waals surface area (Å²) in [6.45, 7) is 2.83. The number of aromatic amines is 1. The summed E-state index contributed by atoms with van der Waals surface area (Å²) in [5.41, 5.74) is 5.93. The van der Waals surface area contributed by atoms with Crippen LogP contribution in [-0.4, -0.2) is 31.7 Å². The van der Waals surface area contributed by atoms with Crippen LogP contribution < -0.4 is 10.5 Å². The topological polar surface area (TPSA) is 101 Å². The number of hydrogen-bond donors (Lipinski definition) is 3. The molecule has 4 N–H and O–H groups in total. The van der Waals surface area contributed by atoms with Gasteiger partial charge in [0.1, 0.15) is 4.90 Å². The molecule has 7 heteroatoms. The second-order valence-electron chi connectivity index (χ2n) is 3.96. The lowest BCUT2D eigenvalue weighted by Gasteiger charge is -2.05. The maximum Gasteiger partial charge on any atom is 0.243 e. The molecule has 0 spiro atoms. The van der Waals surface area contributed by atoms with Crippen molar-refractivity contribution in [2.24, 2.45) is 5.73 Å². The monoisotopic (exact) mass is 260 g/mol. The summed E-state index contributed by atoms with van der Waals surface area (Å²) in [5.74, 6) is 0. The van der Waals surface area contributed by atoms with Gasteiger partial charge in [-0.25, -0.2) is 13.1 Å². The van der Waals surface area contributed by atoms with Crippen LogP contribution in [0.2, 0.25) is 0 Å². The van der Waals surface area contributed by atoms with Gasteiger partial charge < -0.3 is 5.73 Å². The van der Waals surface area contributed by atoms with Crippen LogP contribution >= 0.6 is 0 Å². The van der Waals surface area contributed by atoms with Gasteiger partial charge in [0.25, 0.3) is 0 Å². The molecule has 1 rings (SSSR count). The molecule has 1 aromatic heterocycles. The molecule has 0 bridgehead atoms. The molecule has 0 aliphatic rings. The Balaban J connectivity index is 2.34. The molecule has 0 saturated heterocycles. The standard InChI is InChI=1S/C10H20N4O2S/c1-9-10(8-12-14-9)17(15,16)13-7-5-3-2-4-6-11/h8,13H,2-7,11H2,1H3,(H,12,14). The van der Waals surface area contributed by atoms with Crippen LogP contribution in [-0.2, 0) is 10.0 Å². The van der Waals surface area contributed by atoms with Crippen molar-refractivity contribution in [1.82, 2.24) is 14.9 Å². The quantitative estimate of drug-likeness (QED) is 0.593. The average molecular weight is 260 g/mol. The van der Waals surface area contributed by atoms with E-state index in [-0.39, 0.29) is 4.90 Å². The van der Waals surface area contributed by atoms with Crippen LogP contribution in [0.15, 0.2) is 11.1 Å². The Labute approximate surface area is 102 Å². The number of nitrogens with two attached hydrogens (primary N) is 1. The fourth-order valence-corrected chi connectivity index (χ4v) is 2.73. The van der Waals surface area contributed by atoms with Gasteiger partial charge in [0, 0.05) is 6.54 Å². The van der Waals surface area contributed by atoms with E-state index in [0.29, 0.717) is 18.8 Å². The third-order valence-electron chi connectivity index (χ3n) is 2.50. The van der Waals surface area contributed by atoms with E-state index < -0.39 is 10.0 Å². The Hall–Kier alpha value is -0.920. The predicted octanol–water partition coefficient (Wildman–Crippen LogP) is 0.516. The minimum atomic E-state index is -3.41. The summed E-state index contributed by atoms with van der Waals surface area (Å²) >= 11 is 0. The van der Waals surface area contributed by atoms with E-state index in [1.807, 2.05) is 0 Å². The van der Waals surface area contributed by atoms with Gasteiger partial charge >= 0.3 is 0 Å². The number of rotatable bonds is 8. The zero-order valence-electron chi connectivity index (χ0n) is 10.1. The summed E-state index contributed by atoms with van der Waals surface area (Å²) in [5, 5.41) is 6.31. The van der Waals surface area contributed by atoms with E-state index in [9.17, 15) is 8.42 Å². The lowest BCUT2D eigenvalue weighted by molar-refractivity contribution is 0.572. The molecule has 0 aromatic carbocycles. The van der Waals surface area contributed by atoms with Crippen molar-refractivity contribution >= 4 is 10.0 Å². The van der Waals surface area contributed by atoms with E-state index in [0.717, 1.165) is 25.7 Å². The lowest BCUT2D eigenvalue weighted by Crippen LogP contribution is -2.25. The van der Waals surface area contributed by atoms with E-state index >= 15 is 0 Å². The van der Waals surface area contributed by atoms with Gasteiger partial charge in [-0.15, -0.1) is 0 Å². The third-order valence-corrected chi connectivity index (χ3v) is 4.07. The van der Waals surface area contributed by atoms with Crippen LogP contribution in [0.25, 0.3) is 0 Å². The predicted molar refractivity (Wildman–Crippen MR) is 66.0 cm³/mol. The van der Waals surface area contributed by atoms with Crippen LogP contribution in [0.4, 0.5) is 0 Å². The van der Waals surface area contributed by atoms with Gasteiger partial charge in [0.15, 0.2) is 0 Å². The molecule has 98 valence electrons. The zero-order chi connectivity index (χ0) is 12.7. The molecule has 0 saturated carbocycles. The fraction of sp³-hybridized carbons (Fsp3) is 0.700. The highest BCUT2D eigenvalue weighted by Gasteiger charge is 2.17. The first kappa shape index (κ1) is 14.1. The summed E-state index contributed by atoms with van der Waals surface area (Å²) in [7, 11) is -3.41. The molecule has 0 atom stereocenters. The van der Waals surface area contributed by atoms with Crippen LogP contribution in [0.3, 0.4) is 0 Å². The molecule has 6 nitrogen and oxygen atoms in total. The molecule has 0 amide bonds. The number of nitrogens with one attached hydrogen (secondary N) is 2. The van der Waals surface area contributed by atoms with Crippen LogP contribution in [0, 0.1) is 6.92 Å². The Morgan fingerprint density at radius 3 is 2.65 bits per heavy atom. The molecule has 0 radical (unpaired) electrons. The summed E-state index contributed by atoms with van der Waals surface area (Å²) in [6, 6.07) is 0. The molecule has 17 heavy (non-hydrogen) atoms. The third kappa shape index (κ3) is 4.45. The molecular weight excluding hydrogens is 240 g/mol. The highest BCUT2D eigenvalue weighted by Crippen LogP contribution is 2.10. The number of aryl methyl sites for hydroxylation is 1. The molecule has 0 fully saturated rings. The maximum absolute atomic E-state index is 11.8. The Morgan fingerprint density at radius 2 is 2.06 bits per heavy atom. The van der Waals surface area contributed by atoms with Gasteiger partial charge in [-0.1, -0.05) is 12.8 Å². The van der Waals surface area contributed by atoms with Crippen molar-refractivity contribution in [2.75, 3.05) is 13.1 Å². The number of unbranched alkanes of at least 4 members (excludes halogenated alkanes) is 3.